The predicted molar refractivity (Wildman–Crippen MR) is 41.5 cm³/mol. The van der Waals surface area contributed by atoms with Gasteiger partial charge in [0.15, 0.2) is 0 Å². The first-order valence-corrected chi connectivity index (χ1v) is 3.18. The van der Waals surface area contributed by atoms with Gasteiger partial charge in [0, 0.05) is 18.8 Å². The van der Waals surface area contributed by atoms with E-state index in [4.69, 9.17) is 10.8 Å². The van der Waals surface area contributed by atoms with Crippen molar-refractivity contribution < 1.29 is 9.90 Å². The molecule has 4 heteroatoms. The molecule has 0 fully saturated rings. The Balaban J connectivity index is 3.34. The number of hydrogen-bond donors (Lipinski definition) is 2. The fourth-order valence-corrected chi connectivity index (χ4v) is 1.08. The second-order valence-corrected chi connectivity index (χ2v) is 2.47. The second kappa shape index (κ2) is 2.30. The van der Waals surface area contributed by atoms with Crippen LogP contribution in [0.15, 0.2) is 6.20 Å². The number of nitrogen functional groups attached to an aromatic ring is 1. The lowest BCUT2D eigenvalue weighted by atomic mass is 10.2. The van der Waals surface area contributed by atoms with Gasteiger partial charge in [0.25, 0.3) is 0 Å². The third-order valence-electron chi connectivity index (χ3n) is 1.68. The van der Waals surface area contributed by atoms with Crippen LogP contribution in [0.5, 0.6) is 0 Å². The van der Waals surface area contributed by atoms with E-state index in [1.54, 1.807) is 20.2 Å². The zero-order valence-electron chi connectivity index (χ0n) is 6.46. The van der Waals surface area contributed by atoms with E-state index in [-0.39, 0.29) is 5.69 Å². The number of rotatable bonds is 1. The van der Waals surface area contributed by atoms with Crippen molar-refractivity contribution in [3.05, 3.63) is 17.5 Å². The molecule has 0 aliphatic carbocycles. The molecule has 1 heterocycles. The molecule has 4 nitrogen and oxygen atoms in total. The number of carbonyl (C=O) groups is 1. The molecule has 0 aliphatic heterocycles. The van der Waals surface area contributed by atoms with Gasteiger partial charge in [0.1, 0.15) is 5.69 Å². The van der Waals surface area contributed by atoms with Crippen molar-refractivity contribution in [2.24, 2.45) is 7.05 Å². The summed E-state index contributed by atoms with van der Waals surface area (Å²) in [6.07, 6.45) is 1.60. The van der Waals surface area contributed by atoms with Crippen LogP contribution in [-0.4, -0.2) is 15.6 Å². The van der Waals surface area contributed by atoms with E-state index in [1.165, 1.54) is 4.57 Å². The number of nitrogens with two attached hydrogens (primary N) is 1. The van der Waals surface area contributed by atoms with Crippen LogP contribution < -0.4 is 5.73 Å². The van der Waals surface area contributed by atoms with E-state index in [9.17, 15) is 4.79 Å². The number of nitrogens with zero attached hydrogens (tertiary/aromatic N) is 1. The fourth-order valence-electron chi connectivity index (χ4n) is 1.08. The molecule has 0 saturated heterocycles. The molecular formula is C7H10N2O2. The normalized spacial score (nSPS) is 10.0. The van der Waals surface area contributed by atoms with Gasteiger partial charge in [-0.3, -0.25) is 0 Å². The van der Waals surface area contributed by atoms with Crippen molar-refractivity contribution in [2.45, 2.75) is 6.92 Å². The number of anilines is 1. The summed E-state index contributed by atoms with van der Waals surface area (Å²) < 4.78 is 1.51. The lowest BCUT2D eigenvalue weighted by Gasteiger charge is -1.96. The van der Waals surface area contributed by atoms with E-state index in [1.807, 2.05) is 0 Å². The minimum Gasteiger partial charge on any atom is -0.477 e. The number of aromatic nitrogens is 1. The van der Waals surface area contributed by atoms with Gasteiger partial charge in [0.2, 0.25) is 0 Å². The number of carboxylic acid groups (broad SMARTS) is 1. The van der Waals surface area contributed by atoms with Crippen LogP contribution in [0, 0.1) is 6.92 Å². The molecule has 0 amide bonds. The molecule has 0 unspecified atom stereocenters. The maximum atomic E-state index is 10.6. The molecule has 0 aromatic carbocycles. The molecule has 60 valence electrons. The first-order chi connectivity index (χ1) is 5.04. The maximum absolute atomic E-state index is 10.6. The molecule has 1 aromatic rings. The Morgan fingerprint density at radius 3 is 2.45 bits per heavy atom. The molecule has 0 radical (unpaired) electrons. The molecule has 0 aliphatic rings. The molecular weight excluding hydrogens is 144 g/mol. The summed E-state index contributed by atoms with van der Waals surface area (Å²) >= 11 is 0. The Labute approximate surface area is 64.2 Å². The van der Waals surface area contributed by atoms with E-state index in [0.29, 0.717) is 11.3 Å². The lowest BCUT2D eigenvalue weighted by molar-refractivity contribution is 0.0686. The van der Waals surface area contributed by atoms with E-state index >= 15 is 0 Å². The van der Waals surface area contributed by atoms with Gasteiger partial charge >= 0.3 is 5.97 Å². The van der Waals surface area contributed by atoms with Gasteiger partial charge in [-0.25, -0.2) is 4.79 Å². The number of hydrogen-bond acceptors (Lipinski definition) is 2. The zero-order chi connectivity index (χ0) is 8.59. The third kappa shape index (κ3) is 1.07. The Kier molecular flexibility index (Phi) is 1.60. The summed E-state index contributed by atoms with van der Waals surface area (Å²) in [6, 6.07) is 0. The Bertz CT molecular complexity index is 302. The van der Waals surface area contributed by atoms with Gasteiger partial charge in [-0.15, -0.1) is 0 Å². The van der Waals surface area contributed by atoms with Crippen molar-refractivity contribution >= 4 is 11.7 Å². The first kappa shape index (κ1) is 7.65. The van der Waals surface area contributed by atoms with Gasteiger partial charge in [0.05, 0.1) is 5.69 Å². The van der Waals surface area contributed by atoms with Crippen LogP contribution in [0.1, 0.15) is 16.1 Å². The fraction of sp³-hybridized carbons (Fsp3) is 0.286. The molecule has 0 spiro atoms. The summed E-state index contributed by atoms with van der Waals surface area (Å²) in [5.74, 6) is -0.943. The van der Waals surface area contributed by atoms with Crippen LogP contribution in [0.2, 0.25) is 0 Å². The van der Waals surface area contributed by atoms with Crippen LogP contribution >= 0.6 is 0 Å². The summed E-state index contributed by atoms with van der Waals surface area (Å²) in [6.45, 7) is 1.69. The highest BCUT2D eigenvalue weighted by Gasteiger charge is 2.13. The largest absolute Gasteiger partial charge is 0.477 e. The zero-order valence-corrected chi connectivity index (χ0v) is 6.46. The minimum absolute atomic E-state index is 0.252. The van der Waals surface area contributed by atoms with Crippen molar-refractivity contribution in [3.63, 3.8) is 0 Å². The Hall–Kier alpha value is -1.45. The Morgan fingerprint density at radius 1 is 1.73 bits per heavy atom. The summed E-state index contributed by atoms with van der Waals surface area (Å²) in [5.41, 5.74) is 6.89. The molecule has 0 atom stereocenters. The summed E-state index contributed by atoms with van der Waals surface area (Å²) in [4.78, 5) is 10.6. The summed E-state index contributed by atoms with van der Waals surface area (Å²) in [5, 5.41) is 8.68. The topological polar surface area (TPSA) is 68.2 Å². The van der Waals surface area contributed by atoms with Crippen molar-refractivity contribution in [1.29, 1.82) is 0 Å². The van der Waals surface area contributed by atoms with Crippen molar-refractivity contribution in [3.8, 4) is 0 Å². The van der Waals surface area contributed by atoms with Crippen LogP contribution in [0.3, 0.4) is 0 Å². The van der Waals surface area contributed by atoms with E-state index in [0.717, 1.165) is 0 Å². The van der Waals surface area contributed by atoms with Crippen LogP contribution in [-0.2, 0) is 7.05 Å². The monoisotopic (exact) mass is 154 g/mol. The van der Waals surface area contributed by atoms with E-state index in [2.05, 4.69) is 0 Å². The van der Waals surface area contributed by atoms with E-state index < -0.39 is 5.97 Å². The molecule has 11 heavy (non-hydrogen) atoms. The van der Waals surface area contributed by atoms with Gasteiger partial charge < -0.3 is 15.4 Å². The molecule has 0 saturated carbocycles. The van der Waals surface area contributed by atoms with Crippen molar-refractivity contribution in [1.82, 2.24) is 4.57 Å². The molecule has 0 bridgehead atoms. The smallest absolute Gasteiger partial charge is 0.352 e. The quantitative estimate of drug-likeness (QED) is 0.622. The van der Waals surface area contributed by atoms with Gasteiger partial charge in [-0.2, -0.15) is 0 Å². The number of aryl methyl sites for hydroxylation is 1. The Morgan fingerprint density at radius 2 is 2.27 bits per heavy atom. The average Bonchev–Trinajstić information content (AvgIpc) is 2.07. The highest BCUT2D eigenvalue weighted by molar-refractivity contribution is 5.89. The SMILES string of the molecule is Cc1c(N)cn(C)c1C(=O)O. The molecule has 1 aromatic heterocycles. The lowest BCUT2D eigenvalue weighted by Crippen LogP contribution is -2.05. The second-order valence-electron chi connectivity index (χ2n) is 2.47. The standard InChI is InChI=1S/C7H10N2O2/c1-4-5(8)3-9(2)6(4)7(10)11/h3H,8H2,1-2H3,(H,10,11). The average molecular weight is 154 g/mol. The highest BCUT2D eigenvalue weighted by Crippen LogP contribution is 2.16. The first-order valence-electron chi connectivity index (χ1n) is 3.18. The third-order valence-corrected chi connectivity index (χ3v) is 1.68. The van der Waals surface area contributed by atoms with Crippen molar-refractivity contribution in [2.75, 3.05) is 5.73 Å². The van der Waals surface area contributed by atoms with Crippen LogP contribution in [0.25, 0.3) is 0 Å². The minimum atomic E-state index is -0.943. The van der Waals surface area contributed by atoms with Gasteiger partial charge in [-0.1, -0.05) is 0 Å². The van der Waals surface area contributed by atoms with Crippen LogP contribution in [0.4, 0.5) is 5.69 Å². The maximum Gasteiger partial charge on any atom is 0.352 e. The molecule has 3 N–H and O–H groups in total. The summed E-state index contributed by atoms with van der Waals surface area (Å²) in [7, 11) is 1.66. The molecule has 1 rings (SSSR count). The number of carboxylic acids is 1. The predicted octanol–water partition coefficient (Wildman–Crippen LogP) is 0.614. The highest BCUT2D eigenvalue weighted by atomic mass is 16.4. The number of aromatic carboxylic acids is 1. The van der Waals surface area contributed by atoms with Gasteiger partial charge in [-0.05, 0) is 6.92 Å².